The molecule has 0 aliphatic carbocycles. The van der Waals surface area contributed by atoms with Gasteiger partial charge in [-0.2, -0.15) is 0 Å². The number of carboxylic acid groups (broad SMARTS) is 1. The Kier molecular flexibility index (Phi) is 4.29. The van der Waals surface area contributed by atoms with Crippen molar-refractivity contribution in [3.63, 3.8) is 0 Å². The smallest absolute Gasteiger partial charge is 0.330 e. The normalized spacial score (nSPS) is 27.7. The van der Waals surface area contributed by atoms with Crippen LogP contribution >= 0.6 is 0 Å². The third-order valence-corrected chi connectivity index (χ3v) is 2.71. The first-order valence-electron chi connectivity index (χ1n) is 5.26. The molecule has 4 nitrogen and oxygen atoms in total. The van der Waals surface area contributed by atoms with Gasteiger partial charge in [-0.05, 0) is 26.7 Å². The predicted octanol–water partition coefficient (Wildman–Crippen LogP) is 1.18. The summed E-state index contributed by atoms with van der Waals surface area (Å²) >= 11 is 0. The molecule has 1 heterocycles. The molecular weight excluding hydrogens is 194 g/mol. The Hall–Kier alpha value is -0.870. The monoisotopic (exact) mass is 213 g/mol. The summed E-state index contributed by atoms with van der Waals surface area (Å²) in [5, 5.41) is 12.0. The first-order chi connectivity index (χ1) is 7.03. The summed E-state index contributed by atoms with van der Waals surface area (Å²) < 4.78 is 5.39. The fourth-order valence-electron chi connectivity index (χ4n) is 1.61. The number of hydrogen-bond donors (Lipinski definition) is 2. The Morgan fingerprint density at radius 1 is 1.67 bits per heavy atom. The maximum Gasteiger partial charge on any atom is 0.330 e. The van der Waals surface area contributed by atoms with E-state index in [4.69, 9.17) is 9.84 Å². The van der Waals surface area contributed by atoms with Gasteiger partial charge in [-0.15, -0.1) is 0 Å². The van der Waals surface area contributed by atoms with Gasteiger partial charge in [0.25, 0.3) is 0 Å². The molecule has 0 amide bonds. The molecule has 0 aromatic rings. The number of ether oxygens (including phenoxy) is 1. The van der Waals surface area contributed by atoms with Crippen molar-refractivity contribution in [2.75, 3.05) is 19.8 Å². The van der Waals surface area contributed by atoms with Gasteiger partial charge in [-0.25, -0.2) is 4.79 Å². The Morgan fingerprint density at radius 2 is 2.40 bits per heavy atom. The number of aliphatic carboxylic acids is 1. The minimum absolute atomic E-state index is 0.00642. The topological polar surface area (TPSA) is 58.6 Å². The quantitative estimate of drug-likeness (QED) is 0.688. The van der Waals surface area contributed by atoms with Crippen LogP contribution in [0.3, 0.4) is 0 Å². The second-order valence-corrected chi connectivity index (χ2v) is 4.29. The number of rotatable bonds is 4. The molecule has 86 valence electrons. The number of nitrogens with one attached hydrogen (secondary N) is 1. The molecule has 1 unspecified atom stereocenters. The van der Waals surface area contributed by atoms with E-state index in [0.717, 1.165) is 19.4 Å². The van der Waals surface area contributed by atoms with E-state index in [1.54, 1.807) is 13.0 Å². The van der Waals surface area contributed by atoms with Gasteiger partial charge in [0.2, 0.25) is 0 Å². The van der Waals surface area contributed by atoms with E-state index in [9.17, 15) is 4.79 Å². The third-order valence-electron chi connectivity index (χ3n) is 2.71. The minimum atomic E-state index is -0.859. The summed E-state index contributed by atoms with van der Waals surface area (Å²) in [6.45, 7) is 5.83. The van der Waals surface area contributed by atoms with Crippen molar-refractivity contribution >= 4 is 5.97 Å². The summed E-state index contributed by atoms with van der Waals surface area (Å²) in [7, 11) is 0. The Balaban J connectivity index is 2.35. The Bertz CT molecular complexity index is 255. The number of hydrogen-bond acceptors (Lipinski definition) is 3. The van der Waals surface area contributed by atoms with Crippen molar-refractivity contribution in [3.8, 4) is 0 Å². The van der Waals surface area contributed by atoms with Gasteiger partial charge in [-0.1, -0.05) is 6.08 Å². The standard InChI is InChI=1S/C11H19NO3/c1-9(10(13)14)4-6-12-11(2)5-3-7-15-8-11/h4,12H,3,5-8H2,1-2H3,(H,13,14). The largest absolute Gasteiger partial charge is 0.478 e. The van der Waals surface area contributed by atoms with Crippen LogP contribution in [0, 0.1) is 0 Å². The molecule has 0 aromatic carbocycles. The van der Waals surface area contributed by atoms with Crippen molar-refractivity contribution < 1.29 is 14.6 Å². The van der Waals surface area contributed by atoms with E-state index in [-0.39, 0.29) is 5.54 Å². The van der Waals surface area contributed by atoms with Crippen molar-refractivity contribution in [1.29, 1.82) is 0 Å². The van der Waals surface area contributed by atoms with Gasteiger partial charge in [-0.3, -0.25) is 0 Å². The van der Waals surface area contributed by atoms with Crippen LogP contribution in [0.15, 0.2) is 11.6 Å². The predicted molar refractivity (Wildman–Crippen MR) is 57.9 cm³/mol. The summed E-state index contributed by atoms with van der Waals surface area (Å²) in [5.74, 6) is -0.859. The van der Waals surface area contributed by atoms with E-state index in [1.807, 2.05) is 0 Å². The third kappa shape index (κ3) is 4.01. The molecule has 1 aliphatic heterocycles. The highest BCUT2D eigenvalue weighted by Gasteiger charge is 2.26. The molecule has 1 saturated heterocycles. The van der Waals surface area contributed by atoms with E-state index in [0.29, 0.717) is 18.7 Å². The van der Waals surface area contributed by atoms with E-state index in [1.165, 1.54) is 0 Å². The lowest BCUT2D eigenvalue weighted by Gasteiger charge is -2.34. The summed E-state index contributed by atoms with van der Waals surface area (Å²) in [4.78, 5) is 10.5. The van der Waals surface area contributed by atoms with Crippen LogP contribution in [0.1, 0.15) is 26.7 Å². The van der Waals surface area contributed by atoms with Crippen LogP contribution in [-0.4, -0.2) is 36.4 Å². The lowest BCUT2D eigenvalue weighted by molar-refractivity contribution is -0.132. The zero-order valence-corrected chi connectivity index (χ0v) is 9.38. The van der Waals surface area contributed by atoms with E-state index < -0.39 is 5.97 Å². The second kappa shape index (κ2) is 5.28. The molecule has 1 atom stereocenters. The molecule has 0 bridgehead atoms. The Labute approximate surface area is 90.3 Å². The van der Waals surface area contributed by atoms with Gasteiger partial charge < -0.3 is 15.2 Å². The average molecular weight is 213 g/mol. The molecule has 2 N–H and O–H groups in total. The van der Waals surface area contributed by atoms with E-state index >= 15 is 0 Å². The molecule has 1 fully saturated rings. The van der Waals surface area contributed by atoms with Gasteiger partial charge in [0, 0.05) is 24.3 Å². The molecular formula is C11H19NO3. The van der Waals surface area contributed by atoms with Crippen molar-refractivity contribution in [2.24, 2.45) is 0 Å². The maximum atomic E-state index is 10.5. The maximum absolute atomic E-state index is 10.5. The van der Waals surface area contributed by atoms with Crippen LogP contribution < -0.4 is 5.32 Å². The Morgan fingerprint density at radius 3 is 2.93 bits per heavy atom. The molecule has 0 aromatic heterocycles. The molecule has 1 rings (SSSR count). The fraction of sp³-hybridized carbons (Fsp3) is 0.727. The van der Waals surface area contributed by atoms with Crippen molar-refractivity contribution in [2.45, 2.75) is 32.2 Å². The molecule has 15 heavy (non-hydrogen) atoms. The summed E-state index contributed by atoms with van der Waals surface area (Å²) in [5.41, 5.74) is 0.371. The fourth-order valence-corrected chi connectivity index (χ4v) is 1.61. The molecule has 4 heteroatoms. The molecule has 0 saturated carbocycles. The van der Waals surface area contributed by atoms with Gasteiger partial charge in [0.15, 0.2) is 0 Å². The van der Waals surface area contributed by atoms with Gasteiger partial charge in [0.1, 0.15) is 0 Å². The highest BCUT2D eigenvalue weighted by atomic mass is 16.5. The molecule has 0 spiro atoms. The zero-order chi connectivity index (χ0) is 11.3. The van der Waals surface area contributed by atoms with Crippen LogP contribution in [0.4, 0.5) is 0 Å². The van der Waals surface area contributed by atoms with Crippen LogP contribution in [-0.2, 0) is 9.53 Å². The van der Waals surface area contributed by atoms with Gasteiger partial charge >= 0.3 is 5.97 Å². The summed E-state index contributed by atoms with van der Waals surface area (Å²) in [6, 6.07) is 0. The average Bonchev–Trinajstić information content (AvgIpc) is 2.18. The van der Waals surface area contributed by atoms with E-state index in [2.05, 4.69) is 12.2 Å². The highest BCUT2D eigenvalue weighted by molar-refractivity contribution is 5.85. The summed E-state index contributed by atoms with van der Waals surface area (Å²) in [6.07, 6.45) is 3.83. The minimum Gasteiger partial charge on any atom is -0.478 e. The number of carboxylic acids is 1. The van der Waals surface area contributed by atoms with Crippen LogP contribution in [0.25, 0.3) is 0 Å². The van der Waals surface area contributed by atoms with Crippen molar-refractivity contribution in [1.82, 2.24) is 5.32 Å². The highest BCUT2D eigenvalue weighted by Crippen LogP contribution is 2.17. The first-order valence-corrected chi connectivity index (χ1v) is 5.26. The zero-order valence-electron chi connectivity index (χ0n) is 9.38. The number of carbonyl (C=O) groups is 1. The second-order valence-electron chi connectivity index (χ2n) is 4.29. The molecule has 0 radical (unpaired) electrons. The lowest BCUT2D eigenvalue weighted by Crippen LogP contribution is -2.49. The SMILES string of the molecule is CC(=CCNC1(C)CCCOC1)C(=O)O. The van der Waals surface area contributed by atoms with Crippen LogP contribution in [0.2, 0.25) is 0 Å². The van der Waals surface area contributed by atoms with Gasteiger partial charge in [0.05, 0.1) is 6.61 Å². The lowest BCUT2D eigenvalue weighted by atomic mass is 9.95. The van der Waals surface area contributed by atoms with Crippen LogP contribution in [0.5, 0.6) is 0 Å². The molecule has 1 aliphatic rings. The van der Waals surface area contributed by atoms with Crippen molar-refractivity contribution in [3.05, 3.63) is 11.6 Å². The first kappa shape index (κ1) is 12.2.